The lowest BCUT2D eigenvalue weighted by atomic mass is 10.1. The maximum absolute atomic E-state index is 12.5. The van der Waals surface area contributed by atoms with E-state index in [1.54, 1.807) is 0 Å². The molecule has 100 valence electrons. The Kier molecular flexibility index (Phi) is 4.29. The fourth-order valence-electron chi connectivity index (χ4n) is 2.50. The van der Waals surface area contributed by atoms with Gasteiger partial charge in [0.1, 0.15) is 4.88 Å². The van der Waals surface area contributed by atoms with E-state index in [0.29, 0.717) is 17.3 Å². The zero-order valence-corrected chi connectivity index (χ0v) is 11.7. The monoisotopic (exact) mass is 268 g/mol. The topological polar surface area (TPSA) is 72.1 Å². The third kappa shape index (κ3) is 2.54. The van der Waals surface area contributed by atoms with Crippen LogP contribution in [-0.2, 0) is 6.42 Å². The van der Waals surface area contributed by atoms with Gasteiger partial charge in [0, 0.05) is 12.6 Å². The van der Waals surface area contributed by atoms with E-state index in [2.05, 4.69) is 23.4 Å². The van der Waals surface area contributed by atoms with Gasteiger partial charge in [-0.25, -0.2) is 0 Å². The first-order chi connectivity index (χ1) is 8.67. The fraction of sp³-hybridized carbons (Fsp3) is 0.750. The molecule has 1 aromatic heterocycles. The highest BCUT2D eigenvalue weighted by Crippen LogP contribution is 2.26. The summed E-state index contributed by atoms with van der Waals surface area (Å²) in [6.07, 6.45) is 2.80. The van der Waals surface area contributed by atoms with E-state index in [4.69, 9.17) is 5.73 Å². The molecule has 0 bridgehead atoms. The van der Waals surface area contributed by atoms with Gasteiger partial charge in [-0.2, -0.15) is 0 Å². The summed E-state index contributed by atoms with van der Waals surface area (Å²) in [6, 6.07) is 0.266. The van der Waals surface area contributed by atoms with Crippen LogP contribution < -0.4 is 5.73 Å². The van der Waals surface area contributed by atoms with Crippen LogP contribution in [0.4, 0.5) is 0 Å². The predicted octanol–water partition coefficient (Wildman–Crippen LogP) is 1.30. The van der Waals surface area contributed by atoms with Crippen molar-refractivity contribution >= 4 is 17.4 Å². The molecule has 1 fully saturated rings. The number of rotatable bonds is 4. The van der Waals surface area contributed by atoms with E-state index < -0.39 is 0 Å². The number of nitrogens with two attached hydrogens (primary N) is 1. The number of carbonyl (C=O) groups excluding carboxylic acids is 1. The highest BCUT2D eigenvalue weighted by atomic mass is 32.1. The molecule has 0 aliphatic carbocycles. The lowest BCUT2D eigenvalue weighted by Gasteiger charge is -2.20. The Hall–Kier alpha value is -1.01. The Morgan fingerprint density at radius 2 is 2.39 bits per heavy atom. The van der Waals surface area contributed by atoms with Crippen LogP contribution in [0.2, 0.25) is 0 Å². The van der Waals surface area contributed by atoms with Gasteiger partial charge in [-0.15, -0.1) is 5.10 Å². The molecule has 1 saturated heterocycles. The summed E-state index contributed by atoms with van der Waals surface area (Å²) in [4.78, 5) is 15.1. The van der Waals surface area contributed by atoms with Crippen LogP contribution in [0, 0.1) is 5.92 Å². The molecule has 2 N–H and O–H groups in total. The maximum Gasteiger partial charge on any atom is 0.267 e. The lowest BCUT2D eigenvalue weighted by Crippen LogP contribution is -2.34. The van der Waals surface area contributed by atoms with Gasteiger partial charge in [0.2, 0.25) is 0 Å². The second-order valence-electron chi connectivity index (χ2n) is 4.94. The van der Waals surface area contributed by atoms with Crippen LogP contribution in [0.5, 0.6) is 0 Å². The van der Waals surface area contributed by atoms with Crippen molar-refractivity contribution in [3.63, 3.8) is 0 Å². The zero-order chi connectivity index (χ0) is 13.1. The van der Waals surface area contributed by atoms with Crippen LogP contribution in [0.3, 0.4) is 0 Å². The molecule has 18 heavy (non-hydrogen) atoms. The average molecular weight is 268 g/mol. The number of amides is 1. The molecule has 6 heteroatoms. The molecule has 2 atom stereocenters. The van der Waals surface area contributed by atoms with E-state index in [9.17, 15) is 4.79 Å². The molecule has 2 unspecified atom stereocenters. The summed E-state index contributed by atoms with van der Waals surface area (Å²) in [5.74, 6) is 0.511. The van der Waals surface area contributed by atoms with E-state index in [1.807, 2.05) is 4.90 Å². The molecule has 5 nitrogen and oxygen atoms in total. The van der Waals surface area contributed by atoms with Crippen molar-refractivity contribution in [1.82, 2.24) is 14.5 Å². The second-order valence-corrected chi connectivity index (χ2v) is 5.70. The van der Waals surface area contributed by atoms with Crippen molar-refractivity contribution in [3.8, 4) is 0 Å². The van der Waals surface area contributed by atoms with Gasteiger partial charge >= 0.3 is 0 Å². The molecule has 2 rings (SSSR count). The molecule has 2 heterocycles. The Bertz CT molecular complexity index is 420. The average Bonchev–Trinajstić information content (AvgIpc) is 2.95. The number of nitrogens with zero attached hydrogens (tertiary/aromatic N) is 3. The van der Waals surface area contributed by atoms with Gasteiger partial charge < -0.3 is 10.6 Å². The SMILES string of the molecule is CCCc1nnsc1C(=O)N1CC(CN)CC1C. The quantitative estimate of drug-likeness (QED) is 0.893. The van der Waals surface area contributed by atoms with Crippen LogP contribution in [0.25, 0.3) is 0 Å². The number of carbonyl (C=O) groups is 1. The summed E-state index contributed by atoms with van der Waals surface area (Å²) < 4.78 is 3.92. The van der Waals surface area contributed by atoms with Gasteiger partial charge in [-0.3, -0.25) is 4.79 Å². The minimum absolute atomic E-state index is 0.0805. The molecular formula is C12H20N4OS. The first-order valence-electron chi connectivity index (χ1n) is 6.49. The van der Waals surface area contributed by atoms with E-state index in [1.165, 1.54) is 11.5 Å². The molecule has 0 aromatic carbocycles. The highest BCUT2D eigenvalue weighted by molar-refractivity contribution is 7.08. The standard InChI is InChI=1S/C12H20N4OS/c1-3-4-10-11(18-15-14-10)12(17)16-7-9(6-13)5-8(16)2/h8-9H,3-7,13H2,1-2H3. The van der Waals surface area contributed by atoms with Crippen LogP contribution >= 0.6 is 11.5 Å². The van der Waals surface area contributed by atoms with Crippen LogP contribution in [-0.4, -0.2) is 39.5 Å². The smallest absolute Gasteiger partial charge is 0.267 e. The Balaban J connectivity index is 2.13. The van der Waals surface area contributed by atoms with Gasteiger partial charge in [0.15, 0.2) is 0 Å². The van der Waals surface area contributed by atoms with E-state index >= 15 is 0 Å². The van der Waals surface area contributed by atoms with Crippen molar-refractivity contribution < 1.29 is 4.79 Å². The summed E-state index contributed by atoms with van der Waals surface area (Å²) >= 11 is 1.21. The van der Waals surface area contributed by atoms with Gasteiger partial charge in [-0.05, 0) is 43.8 Å². The predicted molar refractivity (Wildman–Crippen MR) is 71.6 cm³/mol. The van der Waals surface area contributed by atoms with Crippen molar-refractivity contribution in [2.75, 3.05) is 13.1 Å². The van der Waals surface area contributed by atoms with Gasteiger partial charge in [0.25, 0.3) is 5.91 Å². The first kappa shape index (κ1) is 13.4. The Labute approximate surface area is 112 Å². The molecule has 1 amide bonds. The number of aromatic nitrogens is 2. The molecule has 0 spiro atoms. The number of hydrogen-bond acceptors (Lipinski definition) is 5. The van der Waals surface area contributed by atoms with E-state index in [-0.39, 0.29) is 11.9 Å². The highest BCUT2D eigenvalue weighted by Gasteiger charge is 2.33. The van der Waals surface area contributed by atoms with Crippen molar-refractivity contribution in [2.24, 2.45) is 11.7 Å². The molecular weight excluding hydrogens is 248 g/mol. The summed E-state index contributed by atoms with van der Waals surface area (Å²) in [7, 11) is 0. The van der Waals surface area contributed by atoms with Crippen molar-refractivity contribution in [2.45, 2.75) is 39.2 Å². The maximum atomic E-state index is 12.5. The van der Waals surface area contributed by atoms with Crippen molar-refractivity contribution in [1.29, 1.82) is 0 Å². The second kappa shape index (κ2) is 5.75. The largest absolute Gasteiger partial charge is 0.335 e. The van der Waals surface area contributed by atoms with Crippen LogP contribution in [0.15, 0.2) is 0 Å². The molecule has 1 aliphatic heterocycles. The van der Waals surface area contributed by atoms with Gasteiger partial charge in [-0.1, -0.05) is 17.8 Å². The fourth-order valence-corrected chi connectivity index (χ4v) is 3.16. The molecule has 1 aromatic rings. The third-order valence-electron chi connectivity index (χ3n) is 3.49. The minimum Gasteiger partial charge on any atom is -0.335 e. The summed E-state index contributed by atoms with van der Waals surface area (Å²) in [5.41, 5.74) is 6.54. The van der Waals surface area contributed by atoms with E-state index in [0.717, 1.165) is 31.5 Å². The van der Waals surface area contributed by atoms with Crippen LogP contribution in [0.1, 0.15) is 42.1 Å². The molecule has 0 saturated carbocycles. The van der Waals surface area contributed by atoms with Crippen molar-refractivity contribution in [3.05, 3.63) is 10.6 Å². The van der Waals surface area contributed by atoms with Gasteiger partial charge in [0.05, 0.1) is 5.69 Å². The number of aryl methyl sites for hydroxylation is 1. The lowest BCUT2D eigenvalue weighted by molar-refractivity contribution is 0.0747. The first-order valence-corrected chi connectivity index (χ1v) is 7.27. The normalized spacial score (nSPS) is 23.6. The Morgan fingerprint density at radius 1 is 1.61 bits per heavy atom. The molecule has 0 radical (unpaired) electrons. The molecule has 1 aliphatic rings. The third-order valence-corrected chi connectivity index (χ3v) is 4.25. The minimum atomic E-state index is 0.0805. The number of likely N-dealkylation sites (tertiary alicyclic amines) is 1. The summed E-state index contributed by atoms with van der Waals surface area (Å²) in [6.45, 7) is 5.58. The Morgan fingerprint density at radius 3 is 3.00 bits per heavy atom. The number of hydrogen-bond donors (Lipinski definition) is 1. The summed E-state index contributed by atoms with van der Waals surface area (Å²) in [5, 5.41) is 4.06. The zero-order valence-electron chi connectivity index (χ0n) is 10.9.